The summed E-state index contributed by atoms with van der Waals surface area (Å²) < 4.78 is 5.06. The van der Waals surface area contributed by atoms with Crippen molar-refractivity contribution in [3.8, 4) is 5.75 Å². The first kappa shape index (κ1) is 10.1. The Labute approximate surface area is 89.0 Å². The minimum Gasteiger partial charge on any atom is -0.497 e. The maximum absolute atomic E-state index is 9.18. The van der Waals surface area contributed by atoms with E-state index in [1.807, 2.05) is 12.1 Å². The minimum atomic E-state index is -0.136. The van der Waals surface area contributed by atoms with Crippen LogP contribution in [0.3, 0.4) is 0 Å². The van der Waals surface area contributed by atoms with E-state index in [0.29, 0.717) is 5.69 Å². The highest BCUT2D eigenvalue weighted by molar-refractivity contribution is 5.69. The number of methoxy groups -OCH3 is 1. The highest BCUT2D eigenvalue weighted by Gasteiger charge is 2.42. The van der Waals surface area contributed by atoms with Gasteiger partial charge in [0.25, 0.3) is 0 Å². The molecule has 1 fully saturated rings. The molecule has 4 N–H and O–H groups in total. The van der Waals surface area contributed by atoms with Crippen LogP contribution in [0.15, 0.2) is 18.2 Å². The molecule has 4 heteroatoms. The first-order chi connectivity index (χ1) is 7.19. The Kier molecular flexibility index (Phi) is 2.44. The van der Waals surface area contributed by atoms with Crippen molar-refractivity contribution < 1.29 is 9.84 Å². The summed E-state index contributed by atoms with van der Waals surface area (Å²) in [5.41, 5.74) is 7.24. The molecule has 0 aromatic heterocycles. The van der Waals surface area contributed by atoms with E-state index >= 15 is 0 Å². The molecular weight excluding hydrogens is 192 g/mol. The van der Waals surface area contributed by atoms with Gasteiger partial charge in [-0.3, -0.25) is 0 Å². The van der Waals surface area contributed by atoms with Crippen LogP contribution in [0.5, 0.6) is 5.75 Å². The van der Waals surface area contributed by atoms with Crippen molar-refractivity contribution in [2.24, 2.45) is 0 Å². The molecule has 15 heavy (non-hydrogen) atoms. The second kappa shape index (κ2) is 3.62. The molecule has 1 aliphatic carbocycles. The van der Waals surface area contributed by atoms with Crippen LogP contribution in [0.4, 0.5) is 11.4 Å². The minimum absolute atomic E-state index is 0.136. The zero-order chi connectivity index (χ0) is 10.9. The Morgan fingerprint density at radius 3 is 2.73 bits per heavy atom. The van der Waals surface area contributed by atoms with Gasteiger partial charge in [0.15, 0.2) is 0 Å². The second-order valence-corrected chi connectivity index (χ2v) is 4.02. The quantitative estimate of drug-likeness (QED) is 0.651. The molecule has 0 saturated heterocycles. The Balaban J connectivity index is 2.15. The summed E-state index contributed by atoms with van der Waals surface area (Å²) in [5.74, 6) is 0.742. The molecular formula is C11H16N2O2. The number of hydrogen-bond donors (Lipinski definition) is 3. The van der Waals surface area contributed by atoms with Gasteiger partial charge in [0.05, 0.1) is 30.6 Å². The molecule has 0 amide bonds. The van der Waals surface area contributed by atoms with Crippen molar-refractivity contribution >= 4 is 11.4 Å². The number of aliphatic hydroxyl groups excluding tert-OH is 1. The van der Waals surface area contributed by atoms with Crippen LogP contribution in [-0.2, 0) is 0 Å². The lowest BCUT2D eigenvalue weighted by molar-refractivity contribution is 0.266. The summed E-state index contributed by atoms with van der Waals surface area (Å²) in [5, 5.41) is 12.4. The van der Waals surface area contributed by atoms with Crippen LogP contribution in [0.2, 0.25) is 0 Å². The highest BCUT2D eigenvalue weighted by Crippen LogP contribution is 2.40. The highest BCUT2D eigenvalue weighted by atomic mass is 16.5. The van der Waals surface area contributed by atoms with Gasteiger partial charge in [0.2, 0.25) is 0 Å². The van der Waals surface area contributed by atoms with Gasteiger partial charge in [0, 0.05) is 6.07 Å². The third-order valence-corrected chi connectivity index (χ3v) is 2.81. The predicted molar refractivity (Wildman–Crippen MR) is 60.1 cm³/mol. The zero-order valence-electron chi connectivity index (χ0n) is 8.79. The fourth-order valence-corrected chi connectivity index (χ4v) is 1.54. The van der Waals surface area contributed by atoms with Crippen LogP contribution in [0.25, 0.3) is 0 Å². The average Bonchev–Trinajstić information content (AvgIpc) is 3.02. The molecule has 2 rings (SSSR count). The summed E-state index contributed by atoms with van der Waals surface area (Å²) in [6, 6.07) is 5.51. The number of benzene rings is 1. The molecule has 4 nitrogen and oxygen atoms in total. The fourth-order valence-electron chi connectivity index (χ4n) is 1.54. The van der Waals surface area contributed by atoms with Gasteiger partial charge < -0.3 is 20.9 Å². The van der Waals surface area contributed by atoms with Crippen molar-refractivity contribution in [1.82, 2.24) is 0 Å². The summed E-state index contributed by atoms with van der Waals surface area (Å²) in [4.78, 5) is 0. The molecule has 0 atom stereocenters. The standard InChI is InChI=1S/C11H16N2O2/c1-15-8-2-3-10(9(12)6-8)13-11(7-14)4-5-11/h2-3,6,13-14H,4-5,7,12H2,1H3. The van der Waals surface area contributed by atoms with E-state index in [1.165, 1.54) is 0 Å². The molecule has 1 aromatic carbocycles. The van der Waals surface area contributed by atoms with Crippen molar-refractivity contribution in [3.63, 3.8) is 0 Å². The number of aliphatic hydroxyl groups is 1. The summed E-state index contributed by atoms with van der Waals surface area (Å²) in [6.45, 7) is 0.151. The van der Waals surface area contributed by atoms with Gasteiger partial charge in [0.1, 0.15) is 5.75 Å². The van der Waals surface area contributed by atoms with Crippen LogP contribution < -0.4 is 15.8 Å². The number of ether oxygens (including phenoxy) is 1. The first-order valence-corrected chi connectivity index (χ1v) is 5.02. The molecule has 1 aliphatic rings. The fraction of sp³-hybridized carbons (Fsp3) is 0.455. The molecule has 0 radical (unpaired) electrons. The molecule has 82 valence electrons. The number of anilines is 2. The lowest BCUT2D eigenvalue weighted by atomic mass is 10.2. The number of nitrogens with one attached hydrogen (secondary N) is 1. The van der Waals surface area contributed by atoms with Crippen LogP contribution >= 0.6 is 0 Å². The van der Waals surface area contributed by atoms with E-state index in [-0.39, 0.29) is 12.1 Å². The monoisotopic (exact) mass is 208 g/mol. The van der Waals surface area contributed by atoms with Crippen molar-refractivity contribution in [2.45, 2.75) is 18.4 Å². The SMILES string of the molecule is COc1ccc(NC2(CO)CC2)c(N)c1. The van der Waals surface area contributed by atoms with E-state index in [9.17, 15) is 5.11 Å². The van der Waals surface area contributed by atoms with Crippen LogP contribution in [-0.4, -0.2) is 24.4 Å². The molecule has 0 spiro atoms. The number of nitrogens with two attached hydrogens (primary N) is 1. The lowest BCUT2D eigenvalue weighted by Gasteiger charge is -2.17. The summed E-state index contributed by atoms with van der Waals surface area (Å²) in [6.07, 6.45) is 1.99. The van der Waals surface area contributed by atoms with E-state index < -0.39 is 0 Å². The molecule has 1 aromatic rings. The van der Waals surface area contributed by atoms with Gasteiger partial charge >= 0.3 is 0 Å². The van der Waals surface area contributed by atoms with Crippen molar-refractivity contribution in [2.75, 3.05) is 24.8 Å². The van der Waals surface area contributed by atoms with E-state index in [1.54, 1.807) is 13.2 Å². The third-order valence-electron chi connectivity index (χ3n) is 2.81. The number of hydrogen-bond acceptors (Lipinski definition) is 4. The molecule has 1 saturated carbocycles. The van der Waals surface area contributed by atoms with Gasteiger partial charge in [-0.25, -0.2) is 0 Å². The maximum atomic E-state index is 9.18. The number of nitrogen functional groups attached to an aromatic ring is 1. The van der Waals surface area contributed by atoms with Gasteiger partial charge in [-0.1, -0.05) is 0 Å². The largest absolute Gasteiger partial charge is 0.497 e. The predicted octanol–water partition coefficient (Wildman–Crippen LogP) is 1.21. The van der Waals surface area contributed by atoms with E-state index in [4.69, 9.17) is 10.5 Å². The summed E-state index contributed by atoms with van der Waals surface area (Å²) >= 11 is 0. The Morgan fingerprint density at radius 2 is 2.27 bits per heavy atom. The second-order valence-electron chi connectivity index (χ2n) is 4.02. The molecule has 0 unspecified atom stereocenters. The van der Waals surface area contributed by atoms with E-state index in [0.717, 1.165) is 24.3 Å². The first-order valence-electron chi connectivity index (χ1n) is 5.02. The molecule has 0 heterocycles. The third kappa shape index (κ3) is 1.99. The van der Waals surface area contributed by atoms with Gasteiger partial charge in [-0.15, -0.1) is 0 Å². The Morgan fingerprint density at radius 1 is 1.53 bits per heavy atom. The lowest BCUT2D eigenvalue weighted by Crippen LogP contribution is -2.26. The van der Waals surface area contributed by atoms with E-state index in [2.05, 4.69) is 5.32 Å². The molecule has 0 bridgehead atoms. The molecule has 0 aliphatic heterocycles. The van der Waals surface area contributed by atoms with Gasteiger partial charge in [-0.05, 0) is 25.0 Å². The average molecular weight is 208 g/mol. The van der Waals surface area contributed by atoms with Crippen molar-refractivity contribution in [3.05, 3.63) is 18.2 Å². The Bertz CT molecular complexity index is 362. The van der Waals surface area contributed by atoms with Gasteiger partial charge in [-0.2, -0.15) is 0 Å². The summed E-state index contributed by atoms with van der Waals surface area (Å²) in [7, 11) is 1.61. The maximum Gasteiger partial charge on any atom is 0.121 e. The van der Waals surface area contributed by atoms with Crippen molar-refractivity contribution in [1.29, 1.82) is 0 Å². The Hall–Kier alpha value is -1.42. The normalized spacial score (nSPS) is 17.2. The zero-order valence-corrected chi connectivity index (χ0v) is 8.79. The smallest absolute Gasteiger partial charge is 0.121 e. The van der Waals surface area contributed by atoms with Crippen LogP contribution in [0.1, 0.15) is 12.8 Å². The number of rotatable bonds is 4. The van der Waals surface area contributed by atoms with Crippen LogP contribution in [0, 0.1) is 0 Å². The topological polar surface area (TPSA) is 67.5 Å².